The molecule has 0 saturated carbocycles. The lowest BCUT2D eigenvalue weighted by atomic mass is 10.2. The van der Waals surface area contributed by atoms with E-state index in [1.54, 1.807) is 12.1 Å². The zero-order chi connectivity index (χ0) is 12.3. The van der Waals surface area contributed by atoms with Crippen LogP contribution in [0.1, 0.15) is 5.56 Å². The second kappa shape index (κ2) is 5.50. The molecule has 0 aliphatic rings. The highest BCUT2D eigenvalue weighted by Gasteiger charge is 2.17. The van der Waals surface area contributed by atoms with Crippen LogP contribution in [0, 0.1) is 0 Å². The van der Waals surface area contributed by atoms with Gasteiger partial charge < -0.3 is 0 Å². The Labute approximate surface area is 108 Å². The monoisotopic (exact) mass is 325 g/mol. The number of halogens is 1. The van der Waals surface area contributed by atoms with Crippen LogP contribution in [0.25, 0.3) is 0 Å². The van der Waals surface area contributed by atoms with Crippen molar-refractivity contribution in [3.05, 3.63) is 22.2 Å². The Kier molecular flexibility index (Phi) is 4.81. The van der Waals surface area contributed by atoms with E-state index in [0.29, 0.717) is 15.4 Å². The van der Waals surface area contributed by atoms with Crippen molar-refractivity contribution in [2.45, 2.75) is 16.4 Å². The summed E-state index contributed by atoms with van der Waals surface area (Å²) >= 11 is 4.72. The molecule has 0 aliphatic carbocycles. The minimum absolute atomic E-state index is 0.176. The second-order valence-electron chi connectivity index (χ2n) is 3.19. The molecule has 2 N–H and O–H groups in total. The minimum Gasteiger partial charge on any atom is -0.300 e. The SMILES string of the molecule is CSc1c(Br)cc(CON)cc1S(C)(=O)=O. The minimum atomic E-state index is -3.26. The van der Waals surface area contributed by atoms with Crippen molar-refractivity contribution in [1.82, 2.24) is 0 Å². The smallest absolute Gasteiger partial charge is 0.176 e. The van der Waals surface area contributed by atoms with Crippen molar-refractivity contribution in [1.29, 1.82) is 0 Å². The molecule has 0 spiro atoms. The van der Waals surface area contributed by atoms with E-state index in [1.165, 1.54) is 18.0 Å². The summed E-state index contributed by atoms with van der Waals surface area (Å²) in [6, 6.07) is 3.38. The Balaban J connectivity index is 3.43. The summed E-state index contributed by atoms with van der Waals surface area (Å²) in [5.74, 6) is 4.97. The number of hydrogen-bond donors (Lipinski definition) is 1. The Bertz CT molecular complexity index is 488. The predicted molar refractivity (Wildman–Crippen MR) is 68.0 cm³/mol. The fourth-order valence-corrected chi connectivity index (χ4v) is 4.43. The van der Waals surface area contributed by atoms with Gasteiger partial charge in [0.2, 0.25) is 0 Å². The standard InChI is InChI=1S/C9H12BrNO3S2/c1-15-9-7(10)3-6(5-14-11)4-8(9)16(2,12)13/h3-4H,5,11H2,1-2H3. The van der Waals surface area contributed by atoms with Crippen LogP contribution in [0.4, 0.5) is 0 Å². The number of benzene rings is 1. The molecule has 0 saturated heterocycles. The van der Waals surface area contributed by atoms with Crippen LogP contribution >= 0.6 is 27.7 Å². The molecule has 1 aromatic carbocycles. The van der Waals surface area contributed by atoms with E-state index >= 15 is 0 Å². The maximum absolute atomic E-state index is 11.6. The largest absolute Gasteiger partial charge is 0.300 e. The van der Waals surface area contributed by atoms with Gasteiger partial charge in [-0.25, -0.2) is 14.3 Å². The zero-order valence-corrected chi connectivity index (χ0v) is 12.1. The number of thioether (sulfide) groups is 1. The molecule has 7 heteroatoms. The first-order chi connectivity index (χ1) is 7.40. The summed E-state index contributed by atoms with van der Waals surface area (Å²) in [5.41, 5.74) is 0.715. The third-order valence-corrected chi connectivity index (χ3v) is 4.91. The average Bonchev–Trinajstić information content (AvgIpc) is 2.16. The van der Waals surface area contributed by atoms with Crippen LogP contribution in [0.15, 0.2) is 26.4 Å². The van der Waals surface area contributed by atoms with Crippen LogP contribution in [-0.4, -0.2) is 20.9 Å². The number of rotatable bonds is 4. The quantitative estimate of drug-likeness (QED) is 0.677. The van der Waals surface area contributed by atoms with E-state index in [0.717, 1.165) is 4.47 Å². The summed E-state index contributed by atoms with van der Waals surface area (Å²) in [4.78, 5) is 5.49. The highest BCUT2D eigenvalue weighted by Crippen LogP contribution is 2.33. The van der Waals surface area contributed by atoms with Gasteiger partial charge in [0.05, 0.1) is 11.5 Å². The predicted octanol–water partition coefficient (Wildman–Crippen LogP) is 1.96. The maximum Gasteiger partial charge on any atom is 0.176 e. The van der Waals surface area contributed by atoms with Crippen LogP contribution in [-0.2, 0) is 21.3 Å². The van der Waals surface area contributed by atoms with Gasteiger partial charge in [-0.05, 0) is 39.9 Å². The van der Waals surface area contributed by atoms with Crippen LogP contribution < -0.4 is 5.90 Å². The second-order valence-corrected chi connectivity index (χ2v) is 6.85. The molecule has 0 radical (unpaired) electrons. The Hall–Kier alpha value is -0.0800. The first-order valence-electron chi connectivity index (χ1n) is 4.28. The first-order valence-corrected chi connectivity index (χ1v) is 8.19. The number of hydrogen-bond acceptors (Lipinski definition) is 5. The lowest BCUT2D eigenvalue weighted by molar-refractivity contribution is 0.124. The van der Waals surface area contributed by atoms with Gasteiger partial charge >= 0.3 is 0 Å². The lowest BCUT2D eigenvalue weighted by Crippen LogP contribution is -2.04. The third-order valence-electron chi connectivity index (χ3n) is 1.92. The molecule has 0 atom stereocenters. The summed E-state index contributed by atoms with van der Waals surface area (Å²) in [6.45, 7) is 0.176. The lowest BCUT2D eigenvalue weighted by Gasteiger charge is -2.10. The van der Waals surface area contributed by atoms with Crippen LogP contribution in [0.5, 0.6) is 0 Å². The van der Waals surface area contributed by atoms with E-state index in [2.05, 4.69) is 20.8 Å². The van der Waals surface area contributed by atoms with Crippen LogP contribution in [0.3, 0.4) is 0 Å². The number of nitrogens with two attached hydrogens (primary N) is 1. The van der Waals surface area contributed by atoms with E-state index in [1.807, 2.05) is 6.26 Å². The highest BCUT2D eigenvalue weighted by molar-refractivity contribution is 9.10. The van der Waals surface area contributed by atoms with E-state index in [9.17, 15) is 8.42 Å². The average molecular weight is 326 g/mol. The van der Waals surface area contributed by atoms with Crippen molar-refractivity contribution < 1.29 is 13.3 Å². The third kappa shape index (κ3) is 3.21. The van der Waals surface area contributed by atoms with Crippen molar-refractivity contribution in [2.75, 3.05) is 12.5 Å². The fourth-order valence-electron chi connectivity index (χ4n) is 1.27. The van der Waals surface area contributed by atoms with Crippen molar-refractivity contribution >= 4 is 37.5 Å². The van der Waals surface area contributed by atoms with E-state index in [-0.39, 0.29) is 6.61 Å². The van der Waals surface area contributed by atoms with E-state index in [4.69, 9.17) is 5.90 Å². The van der Waals surface area contributed by atoms with Gasteiger partial charge in [0, 0.05) is 15.6 Å². The van der Waals surface area contributed by atoms with Gasteiger partial charge in [-0.3, -0.25) is 4.84 Å². The van der Waals surface area contributed by atoms with E-state index < -0.39 is 9.84 Å². The molecule has 1 aromatic rings. The Morgan fingerprint density at radius 3 is 2.56 bits per heavy atom. The normalized spacial score (nSPS) is 11.8. The summed E-state index contributed by atoms with van der Waals surface area (Å²) in [7, 11) is -3.26. The molecule has 90 valence electrons. The highest BCUT2D eigenvalue weighted by atomic mass is 79.9. The molecule has 0 bridgehead atoms. The van der Waals surface area contributed by atoms with Gasteiger partial charge in [0.25, 0.3) is 0 Å². The molecular weight excluding hydrogens is 314 g/mol. The summed E-state index contributed by atoms with van der Waals surface area (Å²) in [6.07, 6.45) is 3.01. The molecular formula is C9H12BrNO3S2. The molecule has 0 amide bonds. The zero-order valence-electron chi connectivity index (χ0n) is 8.86. The van der Waals surface area contributed by atoms with Crippen molar-refractivity contribution in [3.8, 4) is 0 Å². The maximum atomic E-state index is 11.6. The molecule has 4 nitrogen and oxygen atoms in total. The molecule has 1 rings (SSSR count). The van der Waals surface area contributed by atoms with Gasteiger partial charge in [-0.2, -0.15) is 0 Å². The molecule has 0 aliphatic heterocycles. The van der Waals surface area contributed by atoms with Crippen LogP contribution in [0.2, 0.25) is 0 Å². The first kappa shape index (κ1) is 14.0. The molecule has 16 heavy (non-hydrogen) atoms. The van der Waals surface area contributed by atoms with Gasteiger partial charge in [0.15, 0.2) is 9.84 Å². The van der Waals surface area contributed by atoms with Gasteiger partial charge in [0.1, 0.15) is 0 Å². The topological polar surface area (TPSA) is 69.4 Å². The van der Waals surface area contributed by atoms with Crippen molar-refractivity contribution in [2.24, 2.45) is 5.90 Å². The summed E-state index contributed by atoms with van der Waals surface area (Å²) in [5, 5.41) is 0. The van der Waals surface area contributed by atoms with Crippen molar-refractivity contribution in [3.63, 3.8) is 0 Å². The fraction of sp³-hybridized carbons (Fsp3) is 0.333. The summed E-state index contributed by atoms with van der Waals surface area (Å²) < 4.78 is 24.0. The Morgan fingerprint density at radius 2 is 2.12 bits per heavy atom. The molecule has 0 fully saturated rings. The molecule has 0 aromatic heterocycles. The number of sulfone groups is 1. The Morgan fingerprint density at radius 1 is 1.50 bits per heavy atom. The van der Waals surface area contributed by atoms with Gasteiger partial charge in [-0.15, -0.1) is 11.8 Å². The molecule has 0 heterocycles. The molecule has 0 unspecified atom stereocenters. The van der Waals surface area contributed by atoms with Gasteiger partial charge in [-0.1, -0.05) is 0 Å².